The second-order valence-electron chi connectivity index (χ2n) is 4.13. The van der Waals surface area contributed by atoms with Crippen LogP contribution in [0.25, 0.3) is 0 Å². The van der Waals surface area contributed by atoms with Gasteiger partial charge in [-0.25, -0.2) is 0 Å². The van der Waals surface area contributed by atoms with Crippen molar-refractivity contribution in [3.05, 3.63) is 0 Å². The molecule has 5 nitrogen and oxygen atoms in total. The van der Waals surface area contributed by atoms with Gasteiger partial charge in [0.05, 0.1) is 6.54 Å². The van der Waals surface area contributed by atoms with Gasteiger partial charge >= 0.3 is 6.18 Å². The average Bonchev–Trinajstić information content (AvgIpc) is 3.08. The molecule has 1 aliphatic rings. The van der Waals surface area contributed by atoms with Crippen molar-refractivity contribution in [1.29, 1.82) is 0 Å². The molecule has 0 heterocycles. The van der Waals surface area contributed by atoms with Gasteiger partial charge in [0.25, 0.3) is 0 Å². The van der Waals surface area contributed by atoms with E-state index in [0.717, 1.165) is 12.8 Å². The van der Waals surface area contributed by atoms with Gasteiger partial charge in [-0.15, -0.1) is 0 Å². The molecule has 18 heavy (non-hydrogen) atoms. The van der Waals surface area contributed by atoms with E-state index in [1.807, 2.05) is 0 Å². The number of carbonyl (C=O) groups is 2. The van der Waals surface area contributed by atoms with Crippen molar-refractivity contribution in [2.45, 2.75) is 19.0 Å². The van der Waals surface area contributed by atoms with Gasteiger partial charge in [0.1, 0.15) is 6.54 Å². The van der Waals surface area contributed by atoms with Gasteiger partial charge in [-0.2, -0.15) is 13.2 Å². The molecule has 0 aromatic carbocycles. The van der Waals surface area contributed by atoms with Gasteiger partial charge in [0, 0.05) is 19.0 Å². The molecule has 8 heteroatoms. The Morgan fingerprint density at radius 3 is 2.33 bits per heavy atom. The smallest absolute Gasteiger partial charge is 0.355 e. The number of alkyl halides is 3. The SMILES string of the molecule is O=C(CNCCNC(=O)C1CC1)NCC(F)(F)F. The van der Waals surface area contributed by atoms with Crippen LogP contribution >= 0.6 is 0 Å². The highest BCUT2D eigenvalue weighted by atomic mass is 19.4. The Bertz CT molecular complexity index is 303. The lowest BCUT2D eigenvalue weighted by Crippen LogP contribution is -2.41. The minimum Gasteiger partial charge on any atom is -0.355 e. The lowest BCUT2D eigenvalue weighted by molar-refractivity contribution is -0.137. The fourth-order valence-electron chi connectivity index (χ4n) is 1.23. The summed E-state index contributed by atoms with van der Waals surface area (Å²) in [7, 11) is 0. The molecule has 0 aliphatic heterocycles. The predicted molar refractivity (Wildman–Crippen MR) is 57.7 cm³/mol. The van der Waals surface area contributed by atoms with Crippen LogP contribution in [0.15, 0.2) is 0 Å². The van der Waals surface area contributed by atoms with E-state index in [0.29, 0.717) is 13.1 Å². The normalized spacial score (nSPS) is 15.3. The topological polar surface area (TPSA) is 70.2 Å². The molecule has 1 fully saturated rings. The third-order valence-electron chi connectivity index (χ3n) is 2.32. The minimum atomic E-state index is -4.39. The van der Waals surface area contributed by atoms with E-state index in [1.165, 1.54) is 0 Å². The quantitative estimate of drug-likeness (QED) is 0.559. The van der Waals surface area contributed by atoms with Gasteiger partial charge < -0.3 is 16.0 Å². The van der Waals surface area contributed by atoms with E-state index in [9.17, 15) is 22.8 Å². The van der Waals surface area contributed by atoms with Crippen LogP contribution in [0.2, 0.25) is 0 Å². The van der Waals surface area contributed by atoms with Gasteiger partial charge in [-0.05, 0) is 12.8 Å². The van der Waals surface area contributed by atoms with Crippen molar-refractivity contribution in [2.24, 2.45) is 5.92 Å². The van der Waals surface area contributed by atoms with Crippen molar-refractivity contribution < 1.29 is 22.8 Å². The lowest BCUT2D eigenvalue weighted by atomic mass is 10.4. The Morgan fingerprint density at radius 1 is 1.11 bits per heavy atom. The Morgan fingerprint density at radius 2 is 1.78 bits per heavy atom. The molecule has 0 spiro atoms. The monoisotopic (exact) mass is 267 g/mol. The number of halogens is 3. The second-order valence-corrected chi connectivity index (χ2v) is 4.13. The molecule has 104 valence electrons. The van der Waals surface area contributed by atoms with Crippen molar-refractivity contribution >= 4 is 11.8 Å². The van der Waals surface area contributed by atoms with Crippen LogP contribution in [-0.4, -0.2) is 44.2 Å². The van der Waals surface area contributed by atoms with Gasteiger partial charge in [0.2, 0.25) is 11.8 Å². The van der Waals surface area contributed by atoms with Gasteiger partial charge in [-0.3, -0.25) is 9.59 Å². The number of rotatable bonds is 7. The molecule has 1 saturated carbocycles. The lowest BCUT2D eigenvalue weighted by Gasteiger charge is -2.09. The largest absolute Gasteiger partial charge is 0.405 e. The summed E-state index contributed by atoms with van der Waals surface area (Å²) in [5.74, 6) is -0.598. The van der Waals surface area contributed by atoms with E-state index in [1.54, 1.807) is 5.32 Å². The molecular weight excluding hydrogens is 251 g/mol. The maximum absolute atomic E-state index is 11.7. The van der Waals surface area contributed by atoms with Crippen LogP contribution in [0.4, 0.5) is 13.2 Å². The number of hydrogen-bond donors (Lipinski definition) is 3. The predicted octanol–water partition coefficient (Wildman–Crippen LogP) is -0.219. The van der Waals surface area contributed by atoms with Crippen molar-refractivity contribution in [3.63, 3.8) is 0 Å². The van der Waals surface area contributed by atoms with Gasteiger partial charge in [0.15, 0.2) is 0 Å². The van der Waals surface area contributed by atoms with E-state index < -0.39 is 18.6 Å². The number of hydrogen-bond acceptors (Lipinski definition) is 3. The van der Waals surface area contributed by atoms with Crippen molar-refractivity contribution in [2.75, 3.05) is 26.2 Å². The standard InChI is InChI=1S/C10H16F3N3O2/c11-10(12,13)6-16-8(17)5-14-3-4-15-9(18)7-1-2-7/h7,14H,1-6H2,(H,15,18)(H,16,17). The molecule has 2 amide bonds. The molecule has 3 N–H and O–H groups in total. The van der Waals surface area contributed by atoms with Crippen LogP contribution in [0, 0.1) is 5.92 Å². The molecule has 0 aromatic rings. The maximum Gasteiger partial charge on any atom is 0.405 e. The van der Waals surface area contributed by atoms with Crippen molar-refractivity contribution in [1.82, 2.24) is 16.0 Å². The van der Waals surface area contributed by atoms with Crippen molar-refractivity contribution in [3.8, 4) is 0 Å². The summed E-state index contributed by atoms with van der Waals surface area (Å²) in [6.45, 7) is -0.818. The molecule has 1 aliphatic carbocycles. The molecule has 0 bridgehead atoms. The summed E-state index contributed by atoms with van der Waals surface area (Å²) < 4.78 is 35.2. The third kappa shape index (κ3) is 7.10. The molecule has 0 atom stereocenters. The Balaban J connectivity index is 1.93. The first-order valence-corrected chi connectivity index (χ1v) is 5.70. The molecule has 0 radical (unpaired) electrons. The van der Waals surface area contributed by atoms with Gasteiger partial charge in [-0.1, -0.05) is 0 Å². The highest BCUT2D eigenvalue weighted by molar-refractivity contribution is 5.80. The van der Waals surface area contributed by atoms with Crippen LogP contribution < -0.4 is 16.0 Å². The van der Waals surface area contributed by atoms with E-state index in [2.05, 4.69) is 10.6 Å². The highest BCUT2D eigenvalue weighted by Gasteiger charge is 2.29. The van der Waals surface area contributed by atoms with Crippen LogP contribution in [0.3, 0.4) is 0 Å². The zero-order valence-corrected chi connectivity index (χ0v) is 9.77. The van der Waals surface area contributed by atoms with E-state index in [-0.39, 0.29) is 18.4 Å². The number of carbonyl (C=O) groups excluding carboxylic acids is 2. The zero-order chi connectivity index (χ0) is 13.6. The molecular formula is C10H16F3N3O2. The first-order valence-electron chi connectivity index (χ1n) is 5.70. The summed E-state index contributed by atoms with van der Waals surface area (Å²) in [4.78, 5) is 22.1. The average molecular weight is 267 g/mol. The molecule has 0 unspecified atom stereocenters. The summed E-state index contributed by atoms with van der Waals surface area (Å²) in [6.07, 6.45) is -2.56. The summed E-state index contributed by atoms with van der Waals surface area (Å²) in [5, 5.41) is 7.04. The van der Waals surface area contributed by atoms with E-state index in [4.69, 9.17) is 0 Å². The van der Waals surface area contributed by atoms with Crippen LogP contribution in [0.5, 0.6) is 0 Å². The fraction of sp³-hybridized carbons (Fsp3) is 0.800. The molecule has 1 rings (SSSR count). The third-order valence-corrected chi connectivity index (χ3v) is 2.32. The highest BCUT2D eigenvalue weighted by Crippen LogP contribution is 2.28. The minimum absolute atomic E-state index is 0.00155. The molecule has 0 saturated heterocycles. The number of nitrogens with one attached hydrogen (secondary N) is 3. The summed E-state index contributed by atoms with van der Waals surface area (Å²) >= 11 is 0. The van der Waals surface area contributed by atoms with Crippen LogP contribution in [0.1, 0.15) is 12.8 Å². The Hall–Kier alpha value is -1.31. The number of amides is 2. The zero-order valence-electron chi connectivity index (χ0n) is 9.77. The van der Waals surface area contributed by atoms with E-state index >= 15 is 0 Å². The summed E-state index contributed by atoms with van der Waals surface area (Å²) in [6, 6.07) is 0. The summed E-state index contributed by atoms with van der Waals surface area (Å²) in [5.41, 5.74) is 0. The second kappa shape index (κ2) is 6.58. The Labute approximate surface area is 102 Å². The first kappa shape index (κ1) is 14.7. The molecule has 0 aromatic heterocycles. The first-order chi connectivity index (χ1) is 8.38. The maximum atomic E-state index is 11.7. The Kier molecular flexibility index (Phi) is 5.39. The van der Waals surface area contributed by atoms with Crippen LogP contribution in [-0.2, 0) is 9.59 Å². The fourth-order valence-corrected chi connectivity index (χ4v) is 1.23.